The number of ether oxygens (including phenoxy) is 1. The van der Waals surface area contributed by atoms with Crippen LogP contribution in [0.3, 0.4) is 0 Å². The molecule has 0 radical (unpaired) electrons. The number of hydrogen-bond acceptors (Lipinski definition) is 4. The maximum atomic E-state index is 13.4. The molecular weight excluding hydrogens is 459 g/mol. The lowest BCUT2D eigenvalue weighted by molar-refractivity contribution is 0.0944. The molecule has 0 bridgehead atoms. The van der Waals surface area contributed by atoms with Gasteiger partial charge in [-0.3, -0.25) is 4.79 Å². The number of benzene rings is 2. The Morgan fingerprint density at radius 1 is 1.12 bits per heavy atom. The summed E-state index contributed by atoms with van der Waals surface area (Å²) in [6.45, 7) is 7.66. The highest BCUT2D eigenvalue weighted by Gasteiger charge is 2.22. The third-order valence-electron chi connectivity index (χ3n) is 5.76. The summed E-state index contributed by atoms with van der Waals surface area (Å²) in [5, 5.41) is 8.23. The normalized spacial score (nSPS) is 14.1. The Kier molecular flexibility index (Phi) is 9.53. The molecule has 1 heterocycles. The second kappa shape index (κ2) is 12.6. The summed E-state index contributed by atoms with van der Waals surface area (Å²) in [5.74, 6) is -0.0941. The second-order valence-electron chi connectivity index (χ2n) is 8.42. The molecule has 0 spiro atoms. The Balaban J connectivity index is 1.73. The molecule has 1 saturated heterocycles. The first-order valence-corrected chi connectivity index (χ1v) is 12.0. The van der Waals surface area contributed by atoms with Gasteiger partial charge in [-0.15, -0.1) is 0 Å². The second-order valence-corrected chi connectivity index (χ2v) is 8.82. The van der Waals surface area contributed by atoms with Crippen LogP contribution in [0.4, 0.5) is 26.2 Å². The quantitative estimate of drug-likeness (QED) is 0.404. The van der Waals surface area contributed by atoms with Crippen molar-refractivity contribution in [1.29, 1.82) is 0 Å². The van der Waals surface area contributed by atoms with Crippen LogP contribution in [0.5, 0.6) is 0 Å². The van der Waals surface area contributed by atoms with Crippen molar-refractivity contribution in [2.24, 2.45) is 5.92 Å². The Labute approximate surface area is 205 Å². The largest absolute Gasteiger partial charge is 0.382 e. The molecule has 184 valence electrons. The van der Waals surface area contributed by atoms with Gasteiger partial charge >= 0.3 is 6.03 Å². The van der Waals surface area contributed by atoms with Gasteiger partial charge in [0.2, 0.25) is 0 Å². The lowest BCUT2D eigenvalue weighted by Gasteiger charge is -2.33. The topological polar surface area (TPSA) is 82.7 Å². The van der Waals surface area contributed by atoms with Gasteiger partial charge in [0.15, 0.2) is 0 Å². The van der Waals surface area contributed by atoms with Crippen molar-refractivity contribution in [2.75, 3.05) is 48.4 Å². The maximum absolute atomic E-state index is 13.4. The zero-order chi connectivity index (χ0) is 24.5. The van der Waals surface area contributed by atoms with Crippen molar-refractivity contribution < 1.29 is 18.7 Å². The number of carbonyl (C=O) groups is 2. The first-order chi connectivity index (χ1) is 16.4. The van der Waals surface area contributed by atoms with Crippen LogP contribution in [-0.4, -0.2) is 44.8 Å². The molecule has 1 fully saturated rings. The summed E-state index contributed by atoms with van der Waals surface area (Å²) in [5.41, 5.74) is 2.19. The van der Waals surface area contributed by atoms with Gasteiger partial charge in [-0.25, -0.2) is 9.18 Å². The fourth-order valence-electron chi connectivity index (χ4n) is 3.80. The Hall–Kier alpha value is -2.84. The molecular formula is C25H32ClFN4O3. The molecule has 2 aromatic rings. The van der Waals surface area contributed by atoms with Gasteiger partial charge in [-0.05, 0) is 68.5 Å². The van der Waals surface area contributed by atoms with Crippen molar-refractivity contribution in [3.8, 4) is 0 Å². The summed E-state index contributed by atoms with van der Waals surface area (Å²) in [6.07, 6.45) is 2.85. The van der Waals surface area contributed by atoms with E-state index >= 15 is 0 Å². The lowest BCUT2D eigenvalue weighted by Crippen LogP contribution is -2.35. The fourth-order valence-corrected chi connectivity index (χ4v) is 3.98. The molecule has 3 N–H and O–H groups in total. The smallest absolute Gasteiger partial charge is 0.323 e. The summed E-state index contributed by atoms with van der Waals surface area (Å²) < 4.78 is 18.7. The average Bonchev–Trinajstić information content (AvgIpc) is 2.82. The number of hydrogen-bond donors (Lipinski definition) is 3. The van der Waals surface area contributed by atoms with E-state index in [0.29, 0.717) is 42.6 Å². The number of halogens is 2. The molecule has 2 aromatic carbocycles. The molecule has 0 aliphatic carbocycles. The molecule has 3 amide bonds. The van der Waals surface area contributed by atoms with Crippen molar-refractivity contribution >= 4 is 40.6 Å². The number of nitrogens with zero attached hydrogens (tertiary/aromatic N) is 1. The van der Waals surface area contributed by atoms with E-state index in [9.17, 15) is 14.0 Å². The van der Waals surface area contributed by atoms with Crippen LogP contribution < -0.4 is 20.9 Å². The van der Waals surface area contributed by atoms with Crippen molar-refractivity contribution in [1.82, 2.24) is 5.32 Å². The van der Waals surface area contributed by atoms with Gasteiger partial charge in [0.05, 0.1) is 10.6 Å². The van der Waals surface area contributed by atoms with E-state index in [1.165, 1.54) is 18.2 Å². The van der Waals surface area contributed by atoms with E-state index in [1.807, 2.05) is 13.0 Å². The van der Waals surface area contributed by atoms with Crippen LogP contribution in [0.2, 0.25) is 5.02 Å². The summed E-state index contributed by atoms with van der Waals surface area (Å²) in [6, 6.07) is 8.74. The number of carbonyl (C=O) groups excluding carboxylic acids is 2. The summed E-state index contributed by atoms with van der Waals surface area (Å²) >= 11 is 5.78. The van der Waals surface area contributed by atoms with Crippen LogP contribution in [0.15, 0.2) is 36.4 Å². The van der Waals surface area contributed by atoms with Crippen LogP contribution >= 0.6 is 11.6 Å². The molecule has 9 heteroatoms. The van der Waals surface area contributed by atoms with E-state index < -0.39 is 11.8 Å². The van der Waals surface area contributed by atoms with Gasteiger partial charge in [0, 0.05) is 49.9 Å². The van der Waals surface area contributed by atoms with E-state index in [1.54, 1.807) is 12.1 Å². The van der Waals surface area contributed by atoms with Gasteiger partial charge in [-0.2, -0.15) is 0 Å². The Bertz CT molecular complexity index is 996. The molecule has 34 heavy (non-hydrogen) atoms. The van der Waals surface area contributed by atoms with Gasteiger partial charge in [0.25, 0.3) is 5.91 Å². The SMILES string of the molecule is CCOCCCNC(=O)c1cc(NC(=O)Nc2ccc(F)c(Cl)c2)ccc1N1CCC(C)CC1. The molecule has 1 aliphatic rings. The number of anilines is 3. The van der Waals surface area contributed by atoms with Crippen LogP contribution in [-0.2, 0) is 4.74 Å². The van der Waals surface area contributed by atoms with Crippen molar-refractivity contribution in [2.45, 2.75) is 33.1 Å². The fraction of sp³-hybridized carbons (Fsp3) is 0.440. The minimum Gasteiger partial charge on any atom is -0.382 e. The van der Waals surface area contributed by atoms with E-state index in [0.717, 1.165) is 38.0 Å². The number of piperidine rings is 1. The molecule has 0 atom stereocenters. The number of rotatable bonds is 9. The number of urea groups is 1. The minimum atomic E-state index is -0.563. The van der Waals surface area contributed by atoms with Gasteiger partial charge < -0.3 is 25.6 Å². The first kappa shape index (κ1) is 25.8. The third kappa shape index (κ3) is 7.33. The zero-order valence-corrected chi connectivity index (χ0v) is 20.4. The highest BCUT2D eigenvalue weighted by Crippen LogP contribution is 2.29. The minimum absolute atomic E-state index is 0.0821. The first-order valence-electron chi connectivity index (χ1n) is 11.7. The Morgan fingerprint density at radius 2 is 1.79 bits per heavy atom. The molecule has 0 unspecified atom stereocenters. The van der Waals surface area contributed by atoms with E-state index in [2.05, 4.69) is 27.8 Å². The van der Waals surface area contributed by atoms with Gasteiger partial charge in [-0.1, -0.05) is 18.5 Å². The third-order valence-corrected chi connectivity index (χ3v) is 6.05. The monoisotopic (exact) mass is 490 g/mol. The molecule has 1 aliphatic heterocycles. The van der Waals surface area contributed by atoms with Crippen LogP contribution in [0.25, 0.3) is 0 Å². The standard InChI is InChI=1S/C25H32ClFN4O3/c1-3-34-14-4-11-28-24(32)20-15-18(6-8-23(20)31-12-9-17(2)10-13-31)29-25(33)30-19-5-7-22(27)21(26)16-19/h5-8,15-17H,3-4,9-14H2,1-2H3,(H,28,32)(H2,29,30,33). The predicted octanol–water partition coefficient (Wildman–Crippen LogP) is 5.52. The van der Waals surface area contributed by atoms with Crippen molar-refractivity contribution in [3.63, 3.8) is 0 Å². The summed E-state index contributed by atoms with van der Waals surface area (Å²) in [4.78, 5) is 27.7. The molecule has 0 saturated carbocycles. The highest BCUT2D eigenvalue weighted by atomic mass is 35.5. The van der Waals surface area contributed by atoms with Crippen LogP contribution in [0.1, 0.15) is 43.5 Å². The van der Waals surface area contributed by atoms with Crippen molar-refractivity contribution in [3.05, 3.63) is 52.8 Å². The molecule has 0 aromatic heterocycles. The molecule has 7 nitrogen and oxygen atoms in total. The van der Waals surface area contributed by atoms with Crippen LogP contribution in [0, 0.1) is 11.7 Å². The lowest BCUT2D eigenvalue weighted by atomic mass is 9.98. The highest BCUT2D eigenvalue weighted by molar-refractivity contribution is 6.31. The maximum Gasteiger partial charge on any atom is 0.323 e. The Morgan fingerprint density at radius 3 is 2.47 bits per heavy atom. The summed E-state index contributed by atoms with van der Waals surface area (Å²) in [7, 11) is 0. The van der Waals surface area contributed by atoms with Gasteiger partial charge in [0.1, 0.15) is 5.82 Å². The van der Waals surface area contributed by atoms with E-state index in [4.69, 9.17) is 16.3 Å². The average molecular weight is 491 g/mol. The predicted molar refractivity (Wildman–Crippen MR) is 135 cm³/mol. The number of nitrogens with one attached hydrogen (secondary N) is 3. The van der Waals surface area contributed by atoms with E-state index in [-0.39, 0.29) is 10.9 Å². The number of amides is 3. The molecule has 3 rings (SSSR count). The zero-order valence-electron chi connectivity index (χ0n) is 19.6.